The van der Waals surface area contributed by atoms with Crippen LogP contribution in [0.2, 0.25) is 0 Å². The standard InChI is InChI=1S/C19H17BrN2O4/c1-26-19(25)14-4-2-3-5-15(14)21-17(23)11-22-16-8-7-13(20)10-12(16)6-9-18(22)24/h2-5,7-8,10H,6,9,11H2,1H3,(H,21,23). The summed E-state index contributed by atoms with van der Waals surface area (Å²) in [5, 5.41) is 2.69. The maximum Gasteiger partial charge on any atom is 0.339 e. The fourth-order valence-electron chi connectivity index (χ4n) is 2.92. The number of aryl methyl sites for hydroxylation is 1. The Morgan fingerprint density at radius 2 is 1.96 bits per heavy atom. The minimum absolute atomic E-state index is 0.101. The number of fused-ring (bicyclic) bond motifs is 1. The van der Waals surface area contributed by atoms with E-state index in [1.165, 1.54) is 12.0 Å². The molecule has 1 heterocycles. The smallest absolute Gasteiger partial charge is 0.339 e. The van der Waals surface area contributed by atoms with Crippen molar-refractivity contribution in [1.82, 2.24) is 0 Å². The Balaban J connectivity index is 1.79. The van der Waals surface area contributed by atoms with Crippen LogP contribution in [0.1, 0.15) is 22.3 Å². The highest BCUT2D eigenvalue weighted by Gasteiger charge is 2.26. The number of nitrogens with zero attached hydrogens (tertiary/aromatic N) is 1. The summed E-state index contributed by atoms with van der Waals surface area (Å²) < 4.78 is 5.66. The van der Waals surface area contributed by atoms with Gasteiger partial charge in [-0.3, -0.25) is 9.59 Å². The van der Waals surface area contributed by atoms with Crippen molar-refractivity contribution in [3.63, 3.8) is 0 Å². The van der Waals surface area contributed by atoms with Gasteiger partial charge in [0.1, 0.15) is 6.54 Å². The Morgan fingerprint density at radius 1 is 1.19 bits per heavy atom. The fraction of sp³-hybridized carbons (Fsp3) is 0.211. The van der Waals surface area contributed by atoms with Crippen LogP contribution in [0, 0.1) is 0 Å². The van der Waals surface area contributed by atoms with Crippen molar-refractivity contribution in [2.24, 2.45) is 0 Å². The number of para-hydroxylation sites is 1. The van der Waals surface area contributed by atoms with Crippen molar-refractivity contribution in [3.05, 3.63) is 58.1 Å². The van der Waals surface area contributed by atoms with Gasteiger partial charge in [0.2, 0.25) is 11.8 Å². The molecule has 7 heteroatoms. The van der Waals surface area contributed by atoms with Crippen molar-refractivity contribution in [2.45, 2.75) is 12.8 Å². The van der Waals surface area contributed by atoms with Gasteiger partial charge in [0.15, 0.2) is 0 Å². The molecule has 1 aliphatic heterocycles. The SMILES string of the molecule is COC(=O)c1ccccc1NC(=O)CN1C(=O)CCc2cc(Br)ccc21. The van der Waals surface area contributed by atoms with Gasteiger partial charge in [-0.15, -0.1) is 0 Å². The van der Waals surface area contributed by atoms with Crippen LogP contribution in [0.4, 0.5) is 11.4 Å². The first-order chi connectivity index (χ1) is 12.5. The number of carbonyl (C=O) groups is 3. The van der Waals surface area contributed by atoms with Crippen LogP contribution >= 0.6 is 15.9 Å². The average molecular weight is 417 g/mol. The van der Waals surface area contributed by atoms with Crippen LogP contribution < -0.4 is 10.2 Å². The first-order valence-electron chi connectivity index (χ1n) is 8.05. The zero-order valence-corrected chi connectivity index (χ0v) is 15.7. The van der Waals surface area contributed by atoms with Gasteiger partial charge in [-0.05, 0) is 42.3 Å². The molecule has 2 aromatic carbocycles. The molecule has 0 bridgehead atoms. The number of anilines is 2. The molecule has 0 aliphatic carbocycles. The van der Waals surface area contributed by atoms with Crippen molar-refractivity contribution in [1.29, 1.82) is 0 Å². The molecular formula is C19H17BrN2O4. The Labute approximate surface area is 159 Å². The molecule has 2 amide bonds. The molecule has 2 aromatic rings. The Bertz CT molecular complexity index is 882. The van der Waals surface area contributed by atoms with Gasteiger partial charge in [0.25, 0.3) is 0 Å². The Hall–Kier alpha value is -2.67. The predicted octanol–water partition coefficient (Wildman–Crippen LogP) is 3.15. The highest BCUT2D eigenvalue weighted by molar-refractivity contribution is 9.10. The lowest BCUT2D eigenvalue weighted by Crippen LogP contribution is -2.41. The third-order valence-corrected chi connectivity index (χ3v) is 4.64. The second kappa shape index (κ2) is 7.70. The highest BCUT2D eigenvalue weighted by atomic mass is 79.9. The molecular weight excluding hydrogens is 400 g/mol. The summed E-state index contributed by atoms with van der Waals surface area (Å²) >= 11 is 3.42. The third-order valence-electron chi connectivity index (χ3n) is 4.15. The zero-order chi connectivity index (χ0) is 18.7. The van der Waals surface area contributed by atoms with Crippen LogP contribution in [-0.4, -0.2) is 31.4 Å². The van der Waals surface area contributed by atoms with Crippen LogP contribution in [0.3, 0.4) is 0 Å². The van der Waals surface area contributed by atoms with Gasteiger partial charge in [-0.2, -0.15) is 0 Å². The van der Waals surface area contributed by atoms with Gasteiger partial charge < -0.3 is 15.0 Å². The molecule has 6 nitrogen and oxygen atoms in total. The number of benzene rings is 2. The van der Waals surface area contributed by atoms with Crippen LogP contribution in [0.5, 0.6) is 0 Å². The summed E-state index contributed by atoms with van der Waals surface area (Å²) in [5.41, 5.74) is 2.37. The quantitative estimate of drug-likeness (QED) is 0.776. The van der Waals surface area contributed by atoms with Crippen molar-refractivity contribution in [3.8, 4) is 0 Å². The number of ether oxygens (including phenoxy) is 1. The molecule has 26 heavy (non-hydrogen) atoms. The van der Waals surface area contributed by atoms with Gasteiger partial charge in [-0.25, -0.2) is 4.79 Å². The number of halogens is 1. The lowest BCUT2D eigenvalue weighted by Gasteiger charge is -2.29. The van der Waals surface area contributed by atoms with Crippen LogP contribution in [-0.2, 0) is 20.7 Å². The summed E-state index contributed by atoms with van der Waals surface area (Å²) in [6.45, 7) is -0.122. The second-order valence-electron chi connectivity index (χ2n) is 5.84. The number of methoxy groups -OCH3 is 1. The zero-order valence-electron chi connectivity index (χ0n) is 14.1. The van der Waals surface area contributed by atoms with E-state index in [1.807, 2.05) is 18.2 Å². The maximum absolute atomic E-state index is 12.5. The molecule has 0 saturated carbocycles. The number of hydrogen-bond donors (Lipinski definition) is 1. The Kier molecular flexibility index (Phi) is 5.37. The lowest BCUT2D eigenvalue weighted by molar-refractivity contribution is -0.121. The van der Waals surface area contributed by atoms with E-state index in [4.69, 9.17) is 4.74 Å². The number of hydrogen-bond acceptors (Lipinski definition) is 4. The molecule has 0 saturated heterocycles. The molecule has 0 radical (unpaired) electrons. The first-order valence-corrected chi connectivity index (χ1v) is 8.85. The maximum atomic E-state index is 12.5. The van der Waals surface area contributed by atoms with E-state index in [0.29, 0.717) is 18.5 Å². The van der Waals surface area contributed by atoms with Gasteiger partial charge in [0.05, 0.1) is 18.4 Å². The van der Waals surface area contributed by atoms with E-state index < -0.39 is 5.97 Å². The van der Waals surface area contributed by atoms with Crippen molar-refractivity contribution < 1.29 is 19.1 Å². The second-order valence-corrected chi connectivity index (χ2v) is 6.75. The van der Waals surface area contributed by atoms with E-state index in [2.05, 4.69) is 21.2 Å². The topological polar surface area (TPSA) is 75.7 Å². The van der Waals surface area contributed by atoms with E-state index >= 15 is 0 Å². The molecule has 0 spiro atoms. The van der Waals surface area contributed by atoms with E-state index in [9.17, 15) is 14.4 Å². The number of rotatable bonds is 4. The van der Waals surface area contributed by atoms with E-state index in [-0.39, 0.29) is 23.9 Å². The molecule has 0 atom stereocenters. The number of amides is 2. The third kappa shape index (κ3) is 3.77. The highest BCUT2D eigenvalue weighted by Crippen LogP contribution is 2.30. The predicted molar refractivity (Wildman–Crippen MR) is 101 cm³/mol. The Morgan fingerprint density at radius 3 is 2.73 bits per heavy atom. The number of nitrogens with one attached hydrogen (secondary N) is 1. The monoisotopic (exact) mass is 416 g/mol. The summed E-state index contributed by atoms with van der Waals surface area (Å²) in [6.07, 6.45) is 1.01. The molecule has 1 N–H and O–H groups in total. The normalized spacial score (nSPS) is 13.2. The molecule has 0 fully saturated rings. The molecule has 0 unspecified atom stereocenters. The average Bonchev–Trinajstić information content (AvgIpc) is 2.64. The van der Waals surface area contributed by atoms with Crippen molar-refractivity contribution >= 4 is 45.1 Å². The summed E-state index contributed by atoms with van der Waals surface area (Å²) in [4.78, 5) is 38.1. The van der Waals surface area contributed by atoms with Crippen molar-refractivity contribution in [2.75, 3.05) is 23.9 Å². The van der Waals surface area contributed by atoms with Gasteiger partial charge in [0, 0.05) is 16.6 Å². The van der Waals surface area contributed by atoms with E-state index in [0.717, 1.165) is 15.7 Å². The summed E-state index contributed by atoms with van der Waals surface area (Å²) in [6, 6.07) is 12.2. The lowest BCUT2D eigenvalue weighted by atomic mass is 10.0. The fourth-order valence-corrected chi connectivity index (χ4v) is 3.32. The molecule has 1 aliphatic rings. The van der Waals surface area contributed by atoms with E-state index in [1.54, 1.807) is 24.3 Å². The van der Waals surface area contributed by atoms with Gasteiger partial charge in [-0.1, -0.05) is 28.1 Å². The number of esters is 1. The van der Waals surface area contributed by atoms with Gasteiger partial charge >= 0.3 is 5.97 Å². The van der Waals surface area contributed by atoms with Crippen LogP contribution in [0.15, 0.2) is 46.9 Å². The first kappa shape index (κ1) is 18.1. The minimum atomic E-state index is -0.537. The number of carbonyl (C=O) groups excluding carboxylic acids is 3. The molecule has 0 aromatic heterocycles. The summed E-state index contributed by atoms with van der Waals surface area (Å²) in [7, 11) is 1.28. The molecule has 134 valence electrons. The largest absolute Gasteiger partial charge is 0.465 e. The molecule has 3 rings (SSSR count). The van der Waals surface area contributed by atoms with Crippen LogP contribution in [0.25, 0.3) is 0 Å². The minimum Gasteiger partial charge on any atom is -0.465 e. The summed E-state index contributed by atoms with van der Waals surface area (Å²) in [5.74, 6) is -1.02.